The second-order valence-corrected chi connectivity index (χ2v) is 26.7. The third kappa shape index (κ3) is 68.0. The van der Waals surface area contributed by atoms with Gasteiger partial charge in [0.25, 0.3) is 0 Å². The molecule has 0 rings (SSSR count). The Kier molecular flexibility index (Phi) is 71.3. The highest BCUT2D eigenvalue weighted by molar-refractivity contribution is 5.76. The van der Waals surface area contributed by atoms with Gasteiger partial charge in [-0.2, -0.15) is 0 Å². The molecule has 0 aliphatic heterocycles. The number of rotatable bonds is 73. The van der Waals surface area contributed by atoms with E-state index in [1.807, 2.05) is 0 Å². The molecular formula is C76H151NO5. The van der Waals surface area contributed by atoms with Gasteiger partial charge in [0, 0.05) is 12.8 Å². The van der Waals surface area contributed by atoms with Gasteiger partial charge >= 0.3 is 5.97 Å². The molecule has 0 spiro atoms. The van der Waals surface area contributed by atoms with Crippen molar-refractivity contribution in [2.45, 2.75) is 463 Å². The first kappa shape index (κ1) is 80.9. The molecule has 0 bridgehead atoms. The molecule has 2 atom stereocenters. The summed E-state index contributed by atoms with van der Waals surface area (Å²) in [5, 5.41) is 23.4. The second kappa shape index (κ2) is 72.3. The summed E-state index contributed by atoms with van der Waals surface area (Å²) in [7, 11) is 0. The van der Waals surface area contributed by atoms with E-state index in [2.05, 4.69) is 19.2 Å². The highest BCUT2D eigenvalue weighted by atomic mass is 16.5. The minimum atomic E-state index is -0.662. The van der Waals surface area contributed by atoms with Crippen LogP contribution in [-0.4, -0.2) is 47.4 Å². The second-order valence-electron chi connectivity index (χ2n) is 26.7. The molecule has 6 heteroatoms. The number of carbonyl (C=O) groups is 2. The first-order valence-corrected chi connectivity index (χ1v) is 38.3. The minimum Gasteiger partial charge on any atom is -0.466 e. The van der Waals surface area contributed by atoms with Gasteiger partial charge in [0.1, 0.15) is 0 Å². The normalized spacial score (nSPS) is 12.4. The Balaban J connectivity index is 3.32. The number of hydrogen-bond donors (Lipinski definition) is 3. The zero-order valence-corrected chi connectivity index (χ0v) is 56.3. The number of unbranched alkanes of at least 4 members (excludes halogenated alkanes) is 62. The maximum atomic E-state index is 12.5. The number of aliphatic hydroxyl groups is 2. The number of hydrogen-bond acceptors (Lipinski definition) is 5. The van der Waals surface area contributed by atoms with Crippen molar-refractivity contribution in [2.75, 3.05) is 13.2 Å². The van der Waals surface area contributed by atoms with E-state index in [1.165, 1.54) is 379 Å². The van der Waals surface area contributed by atoms with Crippen LogP contribution in [0.3, 0.4) is 0 Å². The van der Waals surface area contributed by atoms with Crippen LogP contribution in [0.4, 0.5) is 0 Å². The molecular weight excluding hydrogens is 1010 g/mol. The molecule has 3 N–H and O–H groups in total. The molecule has 0 aliphatic carbocycles. The molecule has 82 heavy (non-hydrogen) atoms. The van der Waals surface area contributed by atoms with Crippen molar-refractivity contribution < 1.29 is 24.5 Å². The smallest absolute Gasteiger partial charge is 0.305 e. The van der Waals surface area contributed by atoms with Gasteiger partial charge in [0.05, 0.1) is 25.4 Å². The lowest BCUT2D eigenvalue weighted by Gasteiger charge is -2.22. The van der Waals surface area contributed by atoms with Crippen LogP contribution in [0.25, 0.3) is 0 Å². The fourth-order valence-corrected chi connectivity index (χ4v) is 12.6. The molecule has 1 amide bonds. The molecule has 0 aliphatic rings. The number of aliphatic hydroxyl groups excluding tert-OH is 2. The number of nitrogens with one attached hydrogen (secondary N) is 1. The SMILES string of the molecule is CCCCCCCCCCCCCCCCCCCCCC(=O)OCCCCCCCCCCCCCCCCCCCCCCCCCCCCCC(=O)NC(CO)C(O)CCCCCCCCCCCCCCCCCCCCC. The van der Waals surface area contributed by atoms with Gasteiger partial charge in [-0.15, -0.1) is 0 Å². The topological polar surface area (TPSA) is 95.9 Å². The summed E-state index contributed by atoms with van der Waals surface area (Å²) in [6, 6.07) is -0.539. The van der Waals surface area contributed by atoms with E-state index < -0.39 is 12.1 Å². The van der Waals surface area contributed by atoms with E-state index in [9.17, 15) is 19.8 Å². The van der Waals surface area contributed by atoms with Gasteiger partial charge in [0.15, 0.2) is 0 Å². The molecule has 0 aromatic rings. The van der Waals surface area contributed by atoms with E-state index in [1.54, 1.807) is 0 Å². The third-order valence-electron chi connectivity index (χ3n) is 18.4. The Bertz CT molecular complexity index is 1200. The van der Waals surface area contributed by atoms with E-state index in [-0.39, 0.29) is 18.5 Å². The maximum Gasteiger partial charge on any atom is 0.305 e. The van der Waals surface area contributed by atoms with Crippen molar-refractivity contribution in [1.29, 1.82) is 0 Å². The van der Waals surface area contributed by atoms with E-state index in [0.717, 1.165) is 38.5 Å². The largest absolute Gasteiger partial charge is 0.466 e. The Morgan fingerprint density at radius 1 is 0.293 bits per heavy atom. The average molecular weight is 1160 g/mol. The molecule has 0 aromatic carbocycles. The molecule has 2 unspecified atom stereocenters. The number of ether oxygens (including phenoxy) is 1. The minimum absolute atomic E-state index is 0.0245. The van der Waals surface area contributed by atoms with Crippen LogP contribution in [0, 0.1) is 0 Å². The molecule has 0 fully saturated rings. The van der Waals surface area contributed by atoms with E-state index in [0.29, 0.717) is 25.9 Å². The highest BCUT2D eigenvalue weighted by Gasteiger charge is 2.20. The summed E-state index contributed by atoms with van der Waals surface area (Å²) in [6.45, 7) is 5.02. The predicted octanol–water partition coefficient (Wildman–Crippen LogP) is 24.9. The lowest BCUT2D eigenvalue weighted by Crippen LogP contribution is -2.45. The lowest BCUT2D eigenvalue weighted by atomic mass is 10.0. The highest BCUT2D eigenvalue weighted by Crippen LogP contribution is 2.20. The zero-order chi connectivity index (χ0) is 59.2. The summed E-state index contributed by atoms with van der Waals surface area (Å²) in [6.07, 6.45) is 88.9. The van der Waals surface area contributed by atoms with Gasteiger partial charge in [0.2, 0.25) is 5.91 Å². The van der Waals surface area contributed by atoms with Gasteiger partial charge in [-0.25, -0.2) is 0 Å². The summed E-state index contributed by atoms with van der Waals surface area (Å²) in [5.74, 6) is -0.00226. The van der Waals surface area contributed by atoms with Crippen LogP contribution in [0.15, 0.2) is 0 Å². The Labute approximate surface area is 515 Å². The molecule has 490 valence electrons. The van der Waals surface area contributed by atoms with Gasteiger partial charge in [-0.3, -0.25) is 9.59 Å². The standard InChI is InChI=1S/C76H151NO5/c1-3-5-7-9-11-13-15-17-19-21-32-36-40-44-48-52-56-60-64-68-74(79)73(72-78)77-75(80)69-65-61-57-53-49-45-41-37-34-30-28-26-24-23-25-27-29-31-35-39-43-47-51-55-59-63-67-71-82-76(81)70-66-62-58-54-50-46-42-38-33-22-20-18-16-14-12-10-8-6-4-2/h73-74,78-79H,3-72H2,1-2H3,(H,77,80). The first-order chi connectivity index (χ1) is 40.5. The molecule has 0 aromatic heterocycles. The van der Waals surface area contributed by atoms with Crippen LogP contribution in [-0.2, 0) is 14.3 Å². The average Bonchev–Trinajstić information content (AvgIpc) is 3.48. The fraction of sp³-hybridized carbons (Fsp3) is 0.974. The molecule has 0 heterocycles. The van der Waals surface area contributed by atoms with Crippen LogP contribution in [0.1, 0.15) is 450 Å². The predicted molar refractivity (Wildman–Crippen MR) is 361 cm³/mol. The van der Waals surface area contributed by atoms with Crippen LogP contribution in [0.5, 0.6) is 0 Å². The van der Waals surface area contributed by atoms with E-state index in [4.69, 9.17) is 4.74 Å². The van der Waals surface area contributed by atoms with Gasteiger partial charge < -0.3 is 20.3 Å². The van der Waals surface area contributed by atoms with Crippen molar-refractivity contribution in [2.24, 2.45) is 0 Å². The quantitative estimate of drug-likeness (QED) is 0.0417. The zero-order valence-electron chi connectivity index (χ0n) is 56.3. The summed E-state index contributed by atoms with van der Waals surface area (Å²) in [4.78, 5) is 24.7. The van der Waals surface area contributed by atoms with Crippen LogP contribution >= 0.6 is 0 Å². The van der Waals surface area contributed by atoms with Crippen LogP contribution in [0.2, 0.25) is 0 Å². The van der Waals surface area contributed by atoms with E-state index >= 15 is 0 Å². The van der Waals surface area contributed by atoms with Crippen LogP contribution < -0.4 is 5.32 Å². The lowest BCUT2D eigenvalue weighted by molar-refractivity contribution is -0.143. The number of carbonyl (C=O) groups excluding carboxylic acids is 2. The third-order valence-corrected chi connectivity index (χ3v) is 18.4. The Morgan fingerprint density at radius 2 is 0.500 bits per heavy atom. The monoisotopic (exact) mass is 1160 g/mol. The number of amides is 1. The Morgan fingerprint density at radius 3 is 0.744 bits per heavy atom. The Hall–Kier alpha value is -1.14. The van der Waals surface area contributed by atoms with Crippen molar-refractivity contribution in [3.8, 4) is 0 Å². The maximum absolute atomic E-state index is 12.5. The van der Waals surface area contributed by atoms with Gasteiger partial charge in [-0.05, 0) is 25.7 Å². The first-order valence-electron chi connectivity index (χ1n) is 38.3. The van der Waals surface area contributed by atoms with Gasteiger partial charge in [-0.1, -0.05) is 412 Å². The summed E-state index contributed by atoms with van der Waals surface area (Å²) in [5.41, 5.74) is 0. The summed E-state index contributed by atoms with van der Waals surface area (Å²) < 4.78 is 5.52. The molecule has 6 nitrogen and oxygen atoms in total. The molecule has 0 saturated carbocycles. The molecule has 0 radical (unpaired) electrons. The van der Waals surface area contributed by atoms with Crippen molar-refractivity contribution in [3.63, 3.8) is 0 Å². The summed E-state index contributed by atoms with van der Waals surface area (Å²) >= 11 is 0. The van der Waals surface area contributed by atoms with Crippen molar-refractivity contribution in [3.05, 3.63) is 0 Å². The van der Waals surface area contributed by atoms with Crippen molar-refractivity contribution in [1.82, 2.24) is 5.32 Å². The van der Waals surface area contributed by atoms with Crippen molar-refractivity contribution >= 4 is 11.9 Å². The number of esters is 1. The fourth-order valence-electron chi connectivity index (χ4n) is 12.6. The molecule has 0 saturated heterocycles.